The van der Waals surface area contributed by atoms with E-state index in [0.717, 1.165) is 28.3 Å². The third-order valence-electron chi connectivity index (χ3n) is 6.73. The van der Waals surface area contributed by atoms with E-state index in [2.05, 4.69) is 5.32 Å². The third-order valence-corrected chi connectivity index (χ3v) is 8.74. The van der Waals surface area contributed by atoms with Crippen molar-refractivity contribution in [3.05, 3.63) is 88.4 Å². The number of unbranched alkanes of at least 4 members (excludes halogenated alkanes) is 1. The molecule has 0 unspecified atom stereocenters. The fourth-order valence-corrected chi connectivity index (χ4v) is 5.93. The standard InChI is InChI=1S/C31H38ClN3O5S/c1-6-7-17-33-31(37)24(4)34(20-25-9-8-10-26(32)19-25)30(36)21-35(28-18-23(3)13-16-29(28)40-5)41(38,39)27-14-11-22(2)12-15-27/h8-16,18-19,24H,6-7,17,20-21H2,1-5H3,(H,33,37)/t24-/m0/s1. The lowest BCUT2D eigenvalue weighted by molar-refractivity contribution is -0.139. The molecule has 0 saturated heterocycles. The summed E-state index contributed by atoms with van der Waals surface area (Å²) in [4.78, 5) is 28.6. The van der Waals surface area contributed by atoms with E-state index in [0.29, 0.717) is 22.9 Å². The number of hydrogen-bond acceptors (Lipinski definition) is 5. The topological polar surface area (TPSA) is 96.0 Å². The number of sulfonamides is 1. The number of benzene rings is 3. The molecule has 41 heavy (non-hydrogen) atoms. The minimum absolute atomic E-state index is 0.0335. The molecule has 3 aromatic carbocycles. The lowest BCUT2D eigenvalue weighted by Crippen LogP contribution is -2.51. The number of carbonyl (C=O) groups excluding carboxylic acids is 2. The van der Waals surface area contributed by atoms with Crippen molar-refractivity contribution in [2.45, 2.75) is 58.0 Å². The maximum atomic E-state index is 14.1. The zero-order valence-electron chi connectivity index (χ0n) is 24.2. The number of aryl methyl sites for hydroxylation is 2. The summed E-state index contributed by atoms with van der Waals surface area (Å²) in [5.74, 6) is -0.580. The summed E-state index contributed by atoms with van der Waals surface area (Å²) in [5, 5.41) is 3.37. The SMILES string of the molecule is CCCCNC(=O)[C@H](C)N(Cc1cccc(Cl)c1)C(=O)CN(c1cc(C)ccc1OC)S(=O)(=O)c1ccc(C)cc1. The van der Waals surface area contributed by atoms with E-state index < -0.39 is 28.5 Å². The van der Waals surface area contributed by atoms with Crippen LogP contribution in [0.5, 0.6) is 5.75 Å². The number of nitrogens with zero attached hydrogens (tertiary/aromatic N) is 2. The maximum absolute atomic E-state index is 14.1. The summed E-state index contributed by atoms with van der Waals surface area (Å²) < 4.78 is 34.7. The minimum Gasteiger partial charge on any atom is -0.495 e. The van der Waals surface area contributed by atoms with Crippen LogP contribution in [0.15, 0.2) is 71.6 Å². The quantitative estimate of drug-likeness (QED) is 0.262. The van der Waals surface area contributed by atoms with Crippen LogP contribution in [0.3, 0.4) is 0 Å². The fraction of sp³-hybridized carbons (Fsp3) is 0.355. The Hall–Kier alpha value is -3.56. The predicted molar refractivity (Wildman–Crippen MR) is 163 cm³/mol. The number of nitrogens with one attached hydrogen (secondary N) is 1. The zero-order chi connectivity index (χ0) is 30.2. The average Bonchev–Trinajstić information content (AvgIpc) is 2.94. The van der Waals surface area contributed by atoms with Gasteiger partial charge in [-0.3, -0.25) is 13.9 Å². The molecule has 10 heteroatoms. The minimum atomic E-state index is -4.21. The average molecular weight is 600 g/mol. The van der Waals surface area contributed by atoms with Gasteiger partial charge in [-0.1, -0.05) is 60.8 Å². The molecular formula is C31H38ClN3O5S. The van der Waals surface area contributed by atoms with Crippen molar-refractivity contribution in [2.75, 3.05) is 24.5 Å². The van der Waals surface area contributed by atoms with E-state index in [1.807, 2.05) is 20.8 Å². The van der Waals surface area contributed by atoms with Gasteiger partial charge in [-0.2, -0.15) is 0 Å². The van der Waals surface area contributed by atoms with Crippen molar-refractivity contribution in [1.29, 1.82) is 0 Å². The molecule has 2 amide bonds. The number of halogens is 1. The van der Waals surface area contributed by atoms with Crippen LogP contribution in [0.2, 0.25) is 5.02 Å². The highest BCUT2D eigenvalue weighted by Crippen LogP contribution is 2.34. The molecule has 3 rings (SSSR count). The van der Waals surface area contributed by atoms with Gasteiger partial charge in [0, 0.05) is 18.1 Å². The first kappa shape index (κ1) is 32.0. The van der Waals surface area contributed by atoms with Crippen LogP contribution in [-0.2, 0) is 26.2 Å². The molecule has 0 aliphatic carbocycles. The van der Waals surface area contributed by atoms with E-state index in [9.17, 15) is 18.0 Å². The Labute approximate surface area is 248 Å². The van der Waals surface area contributed by atoms with Gasteiger partial charge in [0.25, 0.3) is 10.0 Å². The molecule has 1 atom stereocenters. The first-order chi connectivity index (χ1) is 19.5. The van der Waals surface area contributed by atoms with Gasteiger partial charge in [-0.25, -0.2) is 8.42 Å². The molecule has 0 aromatic heterocycles. The molecule has 0 heterocycles. The van der Waals surface area contributed by atoms with Crippen LogP contribution in [0.4, 0.5) is 5.69 Å². The molecule has 8 nitrogen and oxygen atoms in total. The van der Waals surface area contributed by atoms with Crippen molar-refractivity contribution in [1.82, 2.24) is 10.2 Å². The summed E-state index contributed by atoms with van der Waals surface area (Å²) in [7, 11) is -2.76. The second kappa shape index (κ2) is 14.4. The summed E-state index contributed by atoms with van der Waals surface area (Å²) in [6.45, 7) is 7.34. The van der Waals surface area contributed by atoms with Crippen molar-refractivity contribution >= 4 is 39.1 Å². The summed E-state index contributed by atoms with van der Waals surface area (Å²) >= 11 is 6.20. The van der Waals surface area contributed by atoms with Gasteiger partial charge in [-0.15, -0.1) is 0 Å². The van der Waals surface area contributed by atoms with Crippen molar-refractivity contribution < 1.29 is 22.7 Å². The molecular weight excluding hydrogens is 562 g/mol. The number of amides is 2. The van der Waals surface area contributed by atoms with E-state index in [1.54, 1.807) is 61.5 Å². The normalized spacial score (nSPS) is 12.0. The molecule has 3 aromatic rings. The van der Waals surface area contributed by atoms with Gasteiger partial charge in [0.1, 0.15) is 18.3 Å². The van der Waals surface area contributed by atoms with Gasteiger partial charge in [0.05, 0.1) is 17.7 Å². The maximum Gasteiger partial charge on any atom is 0.264 e. The molecule has 0 bridgehead atoms. The van der Waals surface area contributed by atoms with Crippen LogP contribution < -0.4 is 14.4 Å². The van der Waals surface area contributed by atoms with Gasteiger partial charge in [0.2, 0.25) is 11.8 Å². The Morgan fingerprint density at radius 1 is 1.00 bits per heavy atom. The first-order valence-corrected chi connectivity index (χ1v) is 15.4. The highest BCUT2D eigenvalue weighted by Gasteiger charge is 2.34. The van der Waals surface area contributed by atoms with Crippen LogP contribution in [-0.4, -0.2) is 51.4 Å². The molecule has 0 aliphatic heterocycles. The van der Waals surface area contributed by atoms with Gasteiger partial charge in [-0.05, 0) is 74.7 Å². The molecule has 0 saturated carbocycles. The Kier molecular flexibility index (Phi) is 11.2. The number of hydrogen-bond donors (Lipinski definition) is 1. The van der Waals surface area contributed by atoms with Crippen LogP contribution in [0.1, 0.15) is 43.4 Å². The molecule has 1 N–H and O–H groups in total. The van der Waals surface area contributed by atoms with E-state index in [4.69, 9.17) is 16.3 Å². The fourth-order valence-electron chi connectivity index (χ4n) is 4.30. The lowest BCUT2D eigenvalue weighted by atomic mass is 10.1. The zero-order valence-corrected chi connectivity index (χ0v) is 25.8. The monoisotopic (exact) mass is 599 g/mol. The molecule has 0 spiro atoms. The summed E-state index contributed by atoms with van der Waals surface area (Å²) in [5.41, 5.74) is 2.62. The summed E-state index contributed by atoms with van der Waals surface area (Å²) in [6, 6.07) is 17.7. The number of rotatable bonds is 13. The van der Waals surface area contributed by atoms with Gasteiger partial charge in [0.15, 0.2) is 0 Å². The number of anilines is 1. The summed E-state index contributed by atoms with van der Waals surface area (Å²) in [6.07, 6.45) is 1.71. The molecule has 0 aliphatic rings. The number of ether oxygens (including phenoxy) is 1. The van der Waals surface area contributed by atoms with E-state index >= 15 is 0 Å². The predicted octanol–water partition coefficient (Wildman–Crippen LogP) is 5.49. The third kappa shape index (κ3) is 8.24. The van der Waals surface area contributed by atoms with Gasteiger partial charge < -0.3 is 15.0 Å². The van der Waals surface area contributed by atoms with E-state index in [1.165, 1.54) is 24.1 Å². The Morgan fingerprint density at radius 2 is 1.68 bits per heavy atom. The highest BCUT2D eigenvalue weighted by molar-refractivity contribution is 7.92. The first-order valence-electron chi connectivity index (χ1n) is 13.5. The molecule has 0 fully saturated rings. The number of methoxy groups -OCH3 is 1. The number of carbonyl (C=O) groups is 2. The van der Waals surface area contributed by atoms with E-state index in [-0.39, 0.29) is 23.0 Å². The molecule has 220 valence electrons. The lowest BCUT2D eigenvalue weighted by Gasteiger charge is -2.32. The van der Waals surface area contributed by atoms with Gasteiger partial charge >= 0.3 is 0 Å². The second-order valence-corrected chi connectivity index (χ2v) is 12.3. The Morgan fingerprint density at radius 3 is 2.32 bits per heavy atom. The van der Waals surface area contributed by atoms with Crippen molar-refractivity contribution in [2.24, 2.45) is 0 Å². The Bertz CT molecular complexity index is 1460. The van der Waals surface area contributed by atoms with Crippen molar-refractivity contribution in [3.8, 4) is 5.75 Å². The van der Waals surface area contributed by atoms with Crippen molar-refractivity contribution in [3.63, 3.8) is 0 Å². The van der Waals surface area contributed by atoms with Crippen LogP contribution in [0.25, 0.3) is 0 Å². The van der Waals surface area contributed by atoms with Crippen LogP contribution >= 0.6 is 11.6 Å². The Balaban J connectivity index is 2.07. The highest BCUT2D eigenvalue weighted by atomic mass is 35.5. The largest absolute Gasteiger partial charge is 0.495 e. The molecule has 0 radical (unpaired) electrons. The van der Waals surface area contributed by atoms with Crippen LogP contribution in [0, 0.1) is 13.8 Å². The second-order valence-electron chi connectivity index (χ2n) is 9.97. The smallest absolute Gasteiger partial charge is 0.264 e.